The standard InChI is InChI=1S/C34H32O15/c1-41-20-11-22-21(45-15-46-22)10-18(20)19-14-44-23-12-24(31(42-2)32(43-3)27(23)28(19)38)47-34-33(30(40)29(39)25(13-35)48-34)49-26(37)9-6-16-4-7-17(36)8-5-16/h4-12,14,25,29-30,33-36,39-40H,13,15H2,1-3H3. The molecule has 6 rings (SSSR count). The zero-order valence-corrected chi connectivity index (χ0v) is 26.4. The molecule has 3 aromatic carbocycles. The van der Waals surface area contributed by atoms with Gasteiger partial charge in [-0.2, -0.15) is 0 Å². The van der Waals surface area contributed by atoms with E-state index in [2.05, 4.69) is 0 Å². The van der Waals surface area contributed by atoms with Crippen LogP contribution in [0, 0.1) is 0 Å². The normalized spacial score (nSPS) is 21.5. The molecule has 0 amide bonds. The fourth-order valence-corrected chi connectivity index (χ4v) is 5.50. The lowest BCUT2D eigenvalue weighted by molar-refractivity contribution is -0.281. The van der Waals surface area contributed by atoms with E-state index in [-0.39, 0.29) is 46.3 Å². The summed E-state index contributed by atoms with van der Waals surface area (Å²) in [5, 5.41) is 40.8. The van der Waals surface area contributed by atoms with E-state index >= 15 is 0 Å². The predicted octanol–water partition coefficient (Wildman–Crippen LogP) is 2.36. The molecule has 5 atom stereocenters. The number of benzene rings is 3. The van der Waals surface area contributed by atoms with Crippen molar-refractivity contribution in [1.29, 1.82) is 0 Å². The van der Waals surface area contributed by atoms with Crippen molar-refractivity contribution in [2.75, 3.05) is 34.7 Å². The number of fused-ring (bicyclic) bond motifs is 2. The summed E-state index contributed by atoms with van der Waals surface area (Å²) in [5.41, 5.74) is 0.535. The molecular formula is C34H32O15. The Hall–Kier alpha value is -5.48. The third-order valence-corrected chi connectivity index (χ3v) is 7.96. The number of hydrogen-bond donors (Lipinski definition) is 4. The first kappa shape index (κ1) is 33.4. The van der Waals surface area contributed by atoms with E-state index in [0.717, 1.165) is 6.08 Å². The number of phenols is 1. The Morgan fingerprint density at radius 2 is 1.63 bits per heavy atom. The van der Waals surface area contributed by atoms with Gasteiger partial charge in [0.25, 0.3) is 0 Å². The lowest BCUT2D eigenvalue weighted by atomic mass is 9.99. The smallest absolute Gasteiger partial charge is 0.331 e. The number of carbonyl (C=O) groups excluding carboxylic acids is 1. The molecule has 15 heteroatoms. The molecular weight excluding hydrogens is 648 g/mol. The molecule has 1 saturated heterocycles. The number of aliphatic hydroxyl groups excluding tert-OH is 3. The summed E-state index contributed by atoms with van der Waals surface area (Å²) in [6.45, 7) is -0.697. The first-order chi connectivity index (χ1) is 23.7. The Morgan fingerprint density at radius 1 is 0.918 bits per heavy atom. The Labute approximate surface area is 277 Å². The fraction of sp³-hybridized carbons (Fsp3) is 0.294. The number of hydrogen-bond acceptors (Lipinski definition) is 15. The van der Waals surface area contributed by atoms with Crippen molar-refractivity contribution in [2.45, 2.75) is 30.7 Å². The van der Waals surface area contributed by atoms with Gasteiger partial charge in [0.15, 0.2) is 29.1 Å². The molecule has 15 nitrogen and oxygen atoms in total. The highest BCUT2D eigenvalue weighted by Crippen LogP contribution is 2.46. The Balaban J connectivity index is 1.36. The maximum atomic E-state index is 14.0. The van der Waals surface area contributed by atoms with Crippen LogP contribution < -0.4 is 33.8 Å². The van der Waals surface area contributed by atoms with E-state index in [4.69, 9.17) is 42.3 Å². The average Bonchev–Trinajstić information content (AvgIpc) is 3.57. The zero-order valence-electron chi connectivity index (χ0n) is 26.4. The van der Waals surface area contributed by atoms with E-state index < -0.39 is 48.7 Å². The molecule has 1 aromatic heterocycles. The van der Waals surface area contributed by atoms with Gasteiger partial charge in [-0.3, -0.25) is 4.79 Å². The average molecular weight is 681 g/mol. The van der Waals surface area contributed by atoms with Gasteiger partial charge in [-0.15, -0.1) is 0 Å². The van der Waals surface area contributed by atoms with Gasteiger partial charge >= 0.3 is 5.97 Å². The molecule has 0 saturated carbocycles. The molecule has 0 spiro atoms. The molecule has 1 fully saturated rings. The Morgan fingerprint density at radius 3 is 2.31 bits per heavy atom. The molecule has 49 heavy (non-hydrogen) atoms. The minimum atomic E-state index is -1.76. The van der Waals surface area contributed by atoms with Gasteiger partial charge < -0.3 is 62.7 Å². The van der Waals surface area contributed by atoms with Crippen LogP contribution in [-0.4, -0.2) is 91.8 Å². The first-order valence-electron chi connectivity index (χ1n) is 14.8. The van der Waals surface area contributed by atoms with Gasteiger partial charge in [-0.25, -0.2) is 4.79 Å². The highest BCUT2D eigenvalue weighted by atomic mass is 16.7. The molecule has 0 bridgehead atoms. The van der Waals surface area contributed by atoms with Crippen molar-refractivity contribution < 1.29 is 67.5 Å². The van der Waals surface area contributed by atoms with Gasteiger partial charge in [-0.05, 0) is 29.8 Å². The highest BCUT2D eigenvalue weighted by molar-refractivity contribution is 5.92. The van der Waals surface area contributed by atoms with E-state index in [1.165, 1.54) is 51.9 Å². The van der Waals surface area contributed by atoms with Crippen LogP contribution in [0.15, 0.2) is 64.0 Å². The van der Waals surface area contributed by atoms with E-state index in [0.29, 0.717) is 28.4 Å². The molecule has 0 radical (unpaired) electrons. The lowest BCUT2D eigenvalue weighted by Crippen LogP contribution is -2.61. The minimum absolute atomic E-state index is 0.00147. The Kier molecular flexibility index (Phi) is 9.51. The summed E-state index contributed by atoms with van der Waals surface area (Å²) in [7, 11) is 4.04. The maximum Gasteiger partial charge on any atom is 0.331 e. The van der Waals surface area contributed by atoms with Crippen LogP contribution in [-0.2, 0) is 14.3 Å². The van der Waals surface area contributed by atoms with Crippen molar-refractivity contribution in [3.63, 3.8) is 0 Å². The number of phenolic OH excluding ortho intramolecular Hbond substituents is 1. The van der Waals surface area contributed by atoms with Crippen molar-refractivity contribution in [2.24, 2.45) is 0 Å². The van der Waals surface area contributed by atoms with Gasteiger partial charge in [0.2, 0.25) is 24.3 Å². The van der Waals surface area contributed by atoms with E-state index in [1.807, 2.05) is 0 Å². The van der Waals surface area contributed by atoms with Gasteiger partial charge in [0, 0.05) is 23.8 Å². The van der Waals surface area contributed by atoms with Crippen molar-refractivity contribution >= 4 is 23.0 Å². The second-order valence-electron chi connectivity index (χ2n) is 10.8. The molecule has 5 unspecified atom stereocenters. The zero-order chi connectivity index (χ0) is 34.8. The number of carbonyl (C=O) groups is 1. The summed E-state index contributed by atoms with van der Waals surface area (Å²) < 4.78 is 50.7. The second kappa shape index (κ2) is 13.9. The number of aliphatic hydroxyl groups is 3. The number of ether oxygens (including phenoxy) is 8. The molecule has 2 aliphatic rings. The maximum absolute atomic E-state index is 14.0. The van der Waals surface area contributed by atoms with Gasteiger partial charge in [0.1, 0.15) is 47.0 Å². The second-order valence-corrected chi connectivity index (χ2v) is 10.8. The van der Waals surface area contributed by atoms with Crippen molar-refractivity contribution in [1.82, 2.24) is 0 Å². The molecule has 3 heterocycles. The van der Waals surface area contributed by atoms with Crippen LogP contribution in [0.4, 0.5) is 0 Å². The molecule has 4 N–H and O–H groups in total. The fourth-order valence-electron chi connectivity index (χ4n) is 5.50. The Bertz CT molecular complexity index is 1930. The summed E-state index contributed by atoms with van der Waals surface area (Å²) in [4.78, 5) is 26.8. The summed E-state index contributed by atoms with van der Waals surface area (Å²) in [6.07, 6.45) is -4.25. The SMILES string of the molecule is COc1cc2c(cc1-c1coc3cc(OC4OC(CO)C(O)C(O)C4OC(=O)C=Cc4ccc(O)cc4)c(OC)c(OC)c3c1=O)OCO2. The minimum Gasteiger partial charge on any atom is -0.508 e. The van der Waals surface area contributed by atoms with Crippen LogP contribution in [0.1, 0.15) is 5.56 Å². The monoisotopic (exact) mass is 680 g/mol. The molecule has 2 aliphatic heterocycles. The number of esters is 1. The quantitative estimate of drug-likeness (QED) is 0.140. The topological polar surface area (TPSA) is 202 Å². The van der Waals surface area contributed by atoms with Crippen LogP contribution in [0.3, 0.4) is 0 Å². The predicted molar refractivity (Wildman–Crippen MR) is 169 cm³/mol. The number of rotatable bonds is 10. The third kappa shape index (κ3) is 6.39. The van der Waals surface area contributed by atoms with E-state index in [9.17, 15) is 30.0 Å². The summed E-state index contributed by atoms with van der Waals surface area (Å²) in [6, 6.07) is 10.5. The van der Waals surface area contributed by atoms with Crippen LogP contribution >= 0.6 is 0 Å². The van der Waals surface area contributed by atoms with Crippen molar-refractivity contribution in [3.8, 4) is 51.4 Å². The highest BCUT2D eigenvalue weighted by Gasteiger charge is 2.48. The van der Waals surface area contributed by atoms with Crippen molar-refractivity contribution in [3.05, 3.63) is 70.6 Å². The van der Waals surface area contributed by atoms with Crippen LogP contribution in [0.25, 0.3) is 28.2 Å². The summed E-state index contributed by atoms with van der Waals surface area (Å²) >= 11 is 0. The summed E-state index contributed by atoms with van der Waals surface area (Å²) in [5.74, 6) is 0.0311. The van der Waals surface area contributed by atoms with Crippen LogP contribution in [0.2, 0.25) is 0 Å². The van der Waals surface area contributed by atoms with Gasteiger partial charge in [0.05, 0.1) is 33.5 Å². The van der Waals surface area contributed by atoms with Crippen LogP contribution in [0.5, 0.6) is 40.2 Å². The largest absolute Gasteiger partial charge is 0.508 e. The molecule has 0 aliphatic carbocycles. The number of methoxy groups -OCH3 is 3. The van der Waals surface area contributed by atoms with Gasteiger partial charge in [-0.1, -0.05) is 12.1 Å². The lowest BCUT2D eigenvalue weighted by Gasteiger charge is -2.41. The third-order valence-electron chi connectivity index (χ3n) is 7.96. The number of aromatic hydroxyl groups is 1. The molecule has 258 valence electrons. The first-order valence-corrected chi connectivity index (χ1v) is 14.8. The molecule has 4 aromatic rings. The van der Waals surface area contributed by atoms with E-state index in [1.54, 1.807) is 24.3 Å².